The van der Waals surface area contributed by atoms with Gasteiger partial charge < -0.3 is 10.3 Å². The maximum atomic E-state index is 5.98. The number of benzene rings is 1. The van der Waals surface area contributed by atoms with Gasteiger partial charge >= 0.3 is 0 Å². The second-order valence-corrected chi connectivity index (χ2v) is 4.38. The lowest BCUT2D eigenvalue weighted by Gasteiger charge is -2.10. The average molecular weight is 238 g/mol. The first kappa shape index (κ1) is 10.8. The van der Waals surface area contributed by atoms with Gasteiger partial charge in [-0.25, -0.2) is 4.98 Å². The molecular weight excluding hydrogens is 224 g/mol. The zero-order chi connectivity index (χ0) is 12.7. The van der Waals surface area contributed by atoms with Crippen LogP contribution in [0.25, 0.3) is 16.5 Å². The zero-order valence-corrected chi connectivity index (χ0v) is 10.4. The van der Waals surface area contributed by atoms with Crippen molar-refractivity contribution in [2.24, 2.45) is 0 Å². The Kier molecular flexibility index (Phi) is 2.30. The summed E-state index contributed by atoms with van der Waals surface area (Å²) < 4.78 is 2.08. The summed E-state index contributed by atoms with van der Waals surface area (Å²) in [5, 5.41) is 2.06. The minimum atomic E-state index is 0.747. The molecule has 3 aromatic rings. The summed E-state index contributed by atoms with van der Waals surface area (Å²) in [5.74, 6) is 0. The lowest BCUT2D eigenvalue weighted by Crippen LogP contribution is -1.98. The number of nitrogen functional groups attached to an aromatic ring is 1. The number of hydrogen-bond acceptors (Lipinski definition) is 3. The van der Waals surface area contributed by atoms with E-state index in [1.54, 1.807) is 12.4 Å². The van der Waals surface area contributed by atoms with Gasteiger partial charge in [0.25, 0.3) is 0 Å². The van der Waals surface area contributed by atoms with Crippen molar-refractivity contribution in [3.63, 3.8) is 0 Å². The minimum Gasteiger partial charge on any atom is -0.398 e. The molecule has 0 aliphatic rings. The van der Waals surface area contributed by atoms with Crippen LogP contribution in [0.5, 0.6) is 0 Å². The SMILES string of the molecule is Cc1ncn(-c2ccc(N)c3cnccc23)c1C. The van der Waals surface area contributed by atoms with Crippen LogP contribution >= 0.6 is 0 Å². The number of pyridine rings is 1. The van der Waals surface area contributed by atoms with E-state index in [-0.39, 0.29) is 0 Å². The Morgan fingerprint density at radius 2 is 1.94 bits per heavy atom. The summed E-state index contributed by atoms with van der Waals surface area (Å²) in [6.45, 7) is 4.07. The monoisotopic (exact) mass is 238 g/mol. The van der Waals surface area contributed by atoms with Crippen LogP contribution in [0.2, 0.25) is 0 Å². The summed E-state index contributed by atoms with van der Waals surface area (Å²) >= 11 is 0. The quantitative estimate of drug-likeness (QED) is 0.663. The summed E-state index contributed by atoms with van der Waals surface area (Å²) in [6, 6.07) is 5.91. The number of aromatic nitrogens is 3. The third-order valence-electron chi connectivity index (χ3n) is 3.34. The molecule has 1 aromatic carbocycles. The van der Waals surface area contributed by atoms with Gasteiger partial charge in [0.15, 0.2) is 0 Å². The highest BCUT2D eigenvalue weighted by molar-refractivity contribution is 5.97. The predicted molar refractivity (Wildman–Crippen MR) is 72.8 cm³/mol. The predicted octanol–water partition coefficient (Wildman–Crippen LogP) is 2.62. The summed E-state index contributed by atoms with van der Waals surface area (Å²) in [4.78, 5) is 8.47. The van der Waals surface area contributed by atoms with Gasteiger partial charge in [-0.3, -0.25) is 4.98 Å². The van der Waals surface area contributed by atoms with Crippen molar-refractivity contribution < 1.29 is 0 Å². The van der Waals surface area contributed by atoms with Crippen molar-refractivity contribution >= 4 is 16.5 Å². The molecule has 0 saturated heterocycles. The highest BCUT2D eigenvalue weighted by atomic mass is 15.1. The molecule has 0 saturated carbocycles. The largest absolute Gasteiger partial charge is 0.398 e. The molecule has 4 nitrogen and oxygen atoms in total. The third kappa shape index (κ3) is 1.46. The molecule has 0 amide bonds. The molecule has 3 rings (SSSR count). The number of aryl methyl sites for hydroxylation is 1. The highest BCUT2D eigenvalue weighted by Gasteiger charge is 2.09. The molecule has 0 radical (unpaired) electrons. The number of nitrogens with two attached hydrogens (primary N) is 1. The first-order valence-corrected chi connectivity index (χ1v) is 5.81. The molecule has 0 aliphatic heterocycles. The summed E-state index contributed by atoms with van der Waals surface area (Å²) in [5.41, 5.74) is 9.98. The average Bonchev–Trinajstić information content (AvgIpc) is 2.71. The first-order chi connectivity index (χ1) is 8.68. The van der Waals surface area contributed by atoms with E-state index in [0.717, 1.165) is 33.5 Å². The number of hydrogen-bond donors (Lipinski definition) is 1. The Bertz CT molecular complexity index is 728. The molecule has 4 heteroatoms. The maximum absolute atomic E-state index is 5.98. The fraction of sp³-hybridized carbons (Fsp3) is 0.143. The molecule has 2 N–H and O–H groups in total. The van der Waals surface area contributed by atoms with Crippen molar-refractivity contribution in [2.75, 3.05) is 5.73 Å². The van der Waals surface area contributed by atoms with Gasteiger partial charge in [-0.1, -0.05) is 0 Å². The van der Waals surface area contributed by atoms with E-state index in [1.165, 1.54) is 0 Å². The highest BCUT2D eigenvalue weighted by Crippen LogP contribution is 2.27. The van der Waals surface area contributed by atoms with E-state index >= 15 is 0 Å². The van der Waals surface area contributed by atoms with Gasteiger partial charge in [-0.05, 0) is 32.0 Å². The van der Waals surface area contributed by atoms with Gasteiger partial charge in [0.1, 0.15) is 0 Å². The number of rotatable bonds is 1. The van der Waals surface area contributed by atoms with E-state index in [1.807, 2.05) is 31.5 Å². The van der Waals surface area contributed by atoms with Crippen LogP contribution in [0.3, 0.4) is 0 Å². The zero-order valence-electron chi connectivity index (χ0n) is 10.4. The number of imidazole rings is 1. The van der Waals surface area contributed by atoms with E-state index in [4.69, 9.17) is 5.73 Å². The third-order valence-corrected chi connectivity index (χ3v) is 3.34. The van der Waals surface area contributed by atoms with Gasteiger partial charge in [-0.15, -0.1) is 0 Å². The number of nitrogens with zero attached hydrogens (tertiary/aromatic N) is 3. The second-order valence-electron chi connectivity index (χ2n) is 4.38. The lowest BCUT2D eigenvalue weighted by atomic mass is 10.1. The van der Waals surface area contributed by atoms with Gasteiger partial charge in [0.05, 0.1) is 17.7 Å². The van der Waals surface area contributed by atoms with E-state index in [2.05, 4.69) is 21.5 Å². The molecule has 0 bridgehead atoms. The second kappa shape index (κ2) is 3.84. The summed E-state index contributed by atoms with van der Waals surface area (Å²) in [7, 11) is 0. The fourth-order valence-electron chi connectivity index (χ4n) is 2.15. The maximum Gasteiger partial charge on any atom is 0.0997 e. The molecule has 18 heavy (non-hydrogen) atoms. The molecule has 0 aliphatic carbocycles. The Labute approximate surface area is 105 Å². The molecule has 0 fully saturated rings. The lowest BCUT2D eigenvalue weighted by molar-refractivity contribution is 1.01. The normalized spacial score (nSPS) is 11.0. The Morgan fingerprint density at radius 1 is 1.11 bits per heavy atom. The molecule has 0 atom stereocenters. The van der Waals surface area contributed by atoms with E-state index < -0.39 is 0 Å². The topological polar surface area (TPSA) is 56.7 Å². The Hall–Kier alpha value is -2.36. The molecule has 0 spiro atoms. The van der Waals surface area contributed by atoms with Crippen molar-refractivity contribution in [1.29, 1.82) is 0 Å². The minimum absolute atomic E-state index is 0.747. The van der Waals surface area contributed by atoms with Crippen LogP contribution in [0.1, 0.15) is 11.4 Å². The van der Waals surface area contributed by atoms with Crippen LogP contribution in [0.15, 0.2) is 36.9 Å². The van der Waals surface area contributed by atoms with Crippen LogP contribution in [-0.4, -0.2) is 14.5 Å². The van der Waals surface area contributed by atoms with Gasteiger partial charge in [0.2, 0.25) is 0 Å². The van der Waals surface area contributed by atoms with Crippen LogP contribution in [0, 0.1) is 13.8 Å². The van der Waals surface area contributed by atoms with E-state index in [9.17, 15) is 0 Å². The number of fused-ring (bicyclic) bond motifs is 1. The van der Waals surface area contributed by atoms with E-state index in [0.29, 0.717) is 0 Å². The standard InChI is InChI=1S/C14H14N4/c1-9-10(2)18(8-17-9)14-4-3-13(15)12-7-16-6-5-11(12)14/h3-8H,15H2,1-2H3. The molecule has 2 aromatic heterocycles. The van der Waals surface area contributed by atoms with Crippen LogP contribution in [-0.2, 0) is 0 Å². The molecule has 0 unspecified atom stereocenters. The van der Waals surface area contributed by atoms with Gasteiger partial charge in [-0.2, -0.15) is 0 Å². The molecule has 90 valence electrons. The van der Waals surface area contributed by atoms with Crippen LogP contribution in [0.4, 0.5) is 5.69 Å². The Morgan fingerprint density at radius 3 is 2.67 bits per heavy atom. The Balaban J connectivity index is 2.37. The summed E-state index contributed by atoms with van der Waals surface area (Å²) in [6.07, 6.45) is 5.42. The van der Waals surface area contributed by atoms with Gasteiger partial charge in [0, 0.05) is 34.5 Å². The fourth-order valence-corrected chi connectivity index (χ4v) is 2.15. The first-order valence-electron chi connectivity index (χ1n) is 5.81. The van der Waals surface area contributed by atoms with Crippen molar-refractivity contribution in [3.05, 3.63) is 48.3 Å². The number of anilines is 1. The molecular formula is C14H14N4. The van der Waals surface area contributed by atoms with Crippen LogP contribution < -0.4 is 5.73 Å². The van der Waals surface area contributed by atoms with Crippen molar-refractivity contribution in [3.8, 4) is 5.69 Å². The van der Waals surface area contributed by atoms with Crippen molar-refractivity contribution in [2.45, 2.75) is 13.8 Å². The smallest absolute Gasteiger partial charge is 0.0997 e. The molecule has 2 heterocycles. The van der Waals surface area contributed by atoms with Crippen molar-refractivity contribution in [1.82, 2.24) is 14.5 Å².